The summed E-state index contributed by atoms with van der Waals surface area (Å²) in [4.78, 5) is 2.20. The number of benzene rings is 1. The van der Waals surface area contributed by atoms with Crippen LogP contribution in [0.25, 0.3) is 0 Å². The second kappa shape index (κ2) is 6.42. The lowest BCUT2D eigenvalue weighted by atomic mass is 9.85. The fourth-order valence-electron chi connectivity index (χ4n) is 3.28. The molecule has 1 aromatic carbocycles. The molecule has 0 radical (unpaired) electrons. The van der Waals surface area contributed by atoms with Crippen molar-refractivity contribution in [1.82, 2.24) is 0 Å². The second-order valence-electron chi connectivity index (χ2n) is 6.14. The third-order valence-electron chi connectivity index (χ3n) is 4.42. The normalized spacial score (nSPS) is 18.3. The largest absolute Gasteiger partial charge is 0.391 e. The zero-order chi connectivity index (χ0) is 13.8. The first-order valence-corrected chi connectivity index (χ1v) is 7.54. The number of hydrogen-bond acceptors (Lipinski definition) is 2. The Morgan fingerprint density at radius 2 is 1.89 bits per heavy atom. The topological polar surface area (TPSA) is 23.5 Å². The van der Waals surface area contributed by atoms with Crippen LogP contribution in [0.4, 0.5) is 5.69 Å². The summed E-state index contributed by atoms with van der Waals surface area (Å²) in [5.74, 6) is 0.502. The summed E-state index contributed by atoms with van der Waals surface area (Å²) in [7, 11) is 2.09. The smallest absolute Gasteiger partial charge is 0.0743 e. The van der Waals surface area contributed by atoms with Crippen LogP contribution >= 0.6 is 0 Å². The van der Waals surface area contributed by atoms with Crippen LogP contribution in [0.15, 0.2) is 18.2 Å². The first-order valence-electron chi connectivity index (χ1n) is 7.54. The van der Waals surface area contributed by atoms with E-state index in [2.05, 4.69) is 44.0 Å². The van der Waals surface area contributed by atoms with Crippen molar-refractivity contribution in [2.45, 2.75) is 52.1 Å². The number of aryl methyl sites for hydroxylation is 2. The van der Waals surface area contributed by atoms with E-state index in [0.717, 1.165) is 6.54 Å². The van der Waals surface area contributed by atoms with E-state index in [0.29, 0.717) is 5.92 Å². The van der Waals surface area contributed by atoms with Crippen LogP contribution < -0.4 is 4.90 Å². The van der Waals surface area contributed by atoms with Gasteiger partial charge in [-0.3, -0.25) is 0 Å². The van der Waals surface area contributed by atoms with E-state index in [1.807, 2.05) is 0 Å². The third kappa shape index (κ3) is 3.73. The molecule has 1 saturated carbocycles. The van der Waals surface area contributed by atoms with Gasteiger partial charge in [0.1, 0.15) is 0 Å². The summed E-state index contributed by atoms with van der Waals surface area (Å²) in [6.07, 6.45) is 6.12. The van der Waals surface area contributed by atoms with Crippen LogP contribution in [0.3, 0.4) is 0 Å². The second-order valence-corrected chi connectivity index (χ2v) is 6.14. The molecule has 2 nitrogen and oxygen atoms in total. The van der Waals surface area contributed by atoms with E-state index in [4.69, 9.17) is 0 Å². The maximum atomic E-state index is 10.4. The molecule has 1 aliphatic rings. The molecule has 0 aromatic heterocycles. The zero-order valence-electron chi connectivity index (χ0n) is 12.5. The van der Waals surface area contributed by atoms with E-state index in [1.165, 1.54) is 48.9 Å². The maximum Gasteiger partial charge on any atom is 0.0743 e. The van der Waals surface area contributed by atoms with Crippen molar-refractivity contribution in [1.29, 1.82) is 0 Å². The van der Waals surface area contributed by atoms with Gasteiger partial charge >= 0.3 is 0 Å². The SMILES string of the molecule is Cc1ccc(N(C)CC(O)C2CCCCC2)c(C)c1. The van der Waals surface area contributed by atoms with E-state index < -0.39 is 0 Å². The van der Waals surface area contributed by atoms with Gasteiger partial charge in [-0.15, -0.1) is 0 Å². The summed E-state index contributed by atoms with van der Waals surface area (Å²) in [6, 6.07) is 6.52. The summed E-state index contributed by atoms with van der Waals surface area (Å²) < 4.78 is 0. The predicted molar refractivity (Wildman–Crippen MR) is 81.8 cm³/mol. The van der Waals surface area contributed by atoms with E-state index in [-0.39, 0.29) is 6.10 Å². The number of likely N-dealkylation sites (N-methyl/N-ethyl adjacent to an activating group) is 1. The predicted octanol–water partition coefficient (Wildman–Crippen LogP) is 3.68. The number of nitrogens with zero attached hydrogens (tertiary/aromatic N) is 1. The number of aliphatic hydroxyl groups excluding tert-OH is 1. The molecule has 0 heterocycles. The van der Waals surface area contributed by atoms with Crippen molar-refractivity contribution in [3.8, 4) is 0 Å². The lowest BCUT2D eigenvalue weighted by Gasteiger charge is -2.31. The highest BCUT2D eigenvalue weighted by molar-refractivity contribution is 5.53. The van der Waals surface area contributed by atoms with Gasteiger partial charge in [-0.05, 0) is 44.2 Å². The number of rotatable bonds is 4. The van der Waals surface area contributed by atoms with E-state index in [9.17, 15) is 5.11 Å². The minimum absolute atomic E-state index is 0.189. The van der Waals surface area contributed by atoms with Crippen molar-refractivity contribution in [3.05, 3.63) is 29.3 Å². The Hall–Kier alpha value is -1.02. The summed E-state index contributed by atoms with van der Waals surface area (Å²) >= 11 is 0. The lowest BCUT2D eigenvalue weighted by molar-refractivity contribution is 0.0910. The Labute approximate surface area is 117 Å². The van der Waals surface area contributed by atoms with Crippen molar-refractivity contribution in [3.63, 3.8) is 0 Å². The number of hydrogen-bond donors (Lipinski definition) is 1. The highest BCUT2D eigenvalue weighted by Gasteiger charge is 2.23. The van der Waals surface area contributed by atoms with Gasteiger partial charge in [-0.2, -0.15) is 0 Å². The molecule has 0 saturated heterocycles. The Bertz CT molecular complexity index is 410. The summed E-state index contributed by atoms with van der Waals surface area (Å²) in [5.41, 5.74) is 3.82. The summed E-state index contributed by atoms with van der Waals surface area (Å²) in [6.45, 7) is 5.01. The Kier molecular flexibility index (Phi) is 4.87. The molecule has 0 bridgehead atoms. The lowest BCUT2D eigenvalue weighted by Crippen LogP contribution is -2.35. The van der Waals surface area contributed by atoms with Crippen molar-refractivity contribution in [2.24, 2.45) is 5.92 Å². The fraction of sp³-hybridized carbons (Fsp3) is 0.647. The van der Waals surface area contributed by atoms with Crippen LogP contribution in [-0.4, -0.2) is 24.8 Å². The molecule has 1 atom stereocenters. The molecule has 0 amide bonds. The maximum absolute atomic E-state index is 10.4. The minimum Gasteiger partial charge on any atom is -0.391 e. The van der Waals surface area contributed by atoms with Crippen LogP contribution in [0, 0.1) is 19.8 Å². The monoisotopic (exact) mass is 261 g/mol. The quantitative estimate of drug-likeness (QED) is 0.893. The molecule has 0 spiro atoms. The Balaban J connectivity index is 1.97. The molecule has 1 N–H and O–H groups in total. The van der Waals surface area contributed by atoms with Gasteiger partial charge in [0.05, 0.1) is 6.10 Å². The molecule has 0 aliphatic heterocycles. The fourth-order valence-corrected chi connectivity index (χ4v) is 3.28. The molecule has 1 aliphatic carbocycles. The van der Waals surface area contributed by atoms with Crippen LogP contribution in [0.2, 0.25) is 0 Å². The summed E-state index contributed by atoms with van der Waals surface area (Å²) in [5, 5.41) is 10.4. The van der Waals surface area contributed by atoms with Crippen LogP contribution in [0.5, 0.6) is 0 Å². The van der Waals surface area contributed by atoms with Crippen LogP contribution in [-0.2, 0) is 0 Å². The van der Waals surface area contributed by atoms with Crippen LogP contribution in [0.1, 0.15) is 43.2 Å². The first-order chi connectivity index (χ1) is 9.08. The zero-order valence-corrected chi connectivity index (χ0v) is 12.5. The highest BCUT2D eigenvalue weighted by Crippen LogP contribution is 2.28. The average molecular weight is 261 g/mol. The molecule has 1 unspecified atom stereocenters. The average Bonchev–Trinajstić information content (AvgIpc) is 2.39. The third-order valence-corrected chi connectivity index (χ3v) is 4.42. The van der Waals surface area contributed by atoms with E-state index in [1.54, 1.807) is 0 Å². The molecule has 1 aromatic rings. The van der Waals surface area contributed by atoms with Gasteiger partial charge < -0.3 is 10.0 Å². The highest BCUT2D eigenvalue weighted by atomic mass is 16.3. The van der Waals surface area contributed by atoms with Gasteiger partial charge in [0.15, 0.2) is 0 Å². The Morgan fingerprint density at radius 3 is 2.53 bits per heavy atom. The molecule has 2 rings (SSSR count). The number of anilines is 1. The van der Waals surface area contributed by atoms with Gasteiger partial charge in [-0.1, -0.05) is 37.0 Å². The first kappa shape index (κ1) is 14.4. The van der Waals surface area contributed by atoms with Crippen molar-refractivity contribution >= 4 is 5.69 Å². The van der Waals surface area contributed by atoms with Gasteiger partial charge in [-0.25, -0.2) is 0 Å². The molecule has 2 heteroatoms. The molecular formula is C17H27NO. The van der Waals surface area contributed by atoms with Gasteiger partial charge in [0, 0.05) is 19.3 Å². The van der Waals surface area contributed by atoms with Gasteiger partial charge in [0.2, 0.25) is 0 Å². The minimum atomic E-state index is -0.189. The van der Waals surface area contributed by atoms with E-state index >= 15 is 0 Å². The molecule has 106 valence electrons. The Morgan fingerprint density at radius 1 is 1.21 bits per heavy atom. The van der Waals surface area contributed by atoms with Crippen molar-refractivity contribution in [2.75, 3.05) is 18.5 Å². The molecular weight excluding hydrogens is 234 g/mol. The van der Waals surface area contributed by atoms with Gasteiger partial charge in [0.25, 0.3) is 0 Å². The molecule has 19 heavy (non-hydrogen) atoms. The molecule has 1 fully saturated rings. The number of aliphatic hydroxyl groups is 1. The van der Waals surface area contributed by atoms with Crippen molar-refractivity contribution < 1.29 is 5.11 Å². The standard InChI is InChI=1S/C17H27NO/c1-13-9-10-16(14(2)11-13)18(3)12-17(19)15-7-5-4-6-8-15/h9-11,15,17,19H,4-8,12H2,1-3H3.